The van der Waals surface area contributed by atoms with E-state index in [0.717, 1.165) is 10.9 Å². The lowest BCUT2D eigenvalue weighted by molar-refractivity contribution is -0.236. The van der Waals surface area contributed by atoms with Gasteiger partial charge in [0.05, 0.1) is 0 Å². The molecule has 0 atom stereocenters. The van der Waals surface area contributed by atoms with Crippen molar-refractivity contribution in [2.75, 3.05) is 0 Å². The second-order valence-corrected chi connectivity index (χ2v) is 5.32. The van der Waals surface area contributed by atoms with Gasteiger partial charge in [0.1, 0.15) is 0 Å². The van der Waals surface area contributed by atoms with Gasteiger partial charge in [-0.05, 0) is 17.5 Å². The van der Waals surface area contributed by atoms with E-state index >= 15 is 0 Å². The number of Topliss-reactive ketones (excluding diaryl/α,β-unsaturated/α-hetero) is 1. The number of ketones is 1. The molecule has 2 heterocycles. The minimum Gasteiger partial charge on any atom is -0.422 e. The van der Waals surface area contributed by atoms with Crippen LogP contribution in [0.4, 0.5) is 0 Å². The van der Waals surface area contributed by atoms with Gasteiger partial charge in [-0.3, -0.25) is 14.4 Å². The van der Waals surface area contributed by atoms with Gasteiger partial charge in [-0.2, -0.15) is 0 Å². The van der Waals surface area contributed by atoms with Gasteiger partial charge in [-0.15, -0.1) is 0 Å². The molecule has 1 fully saturated rings. The van der Waals surface area contributed by atoms with E-state index in [1.165, 1.54) is 13.8 Å². The fourth-order valence-corrected chi connectivity index (χ4v) is 2.30. The van der Waals surface area contributed by atoms with Crippen LogP contribution in [0, 0.1) is 5.92 Å². The number of hydrogen-bond donors (Lipinski definition) is 1. The van der Waals surface area contributed by atoms with Crippen LogP contribution in [0.5, 0.6) is 0 Å². The Balaban J connectivity index is 1.94. The van der Waals surface area contributed by atoms with Crippen molar-refractivity contribution in [3.8, 4) is 0 Å². The lowest BCUT2D eigenvalue weighted by atomic mass is 9.96. The van der Waals surface area contributed by atoms with E-state index in [-0.39, 0.29) is 5.56 Å². The Morgan fingerprint density at radius 2 is 1.81 bits per heavy atom. The molecule has 1 aliphatic heterocycles. The molecule has 2 aromatic rings. The highest BCUT2D eigenvalue weighted by Crippen LogP contribution is 2.26. The Morgan fingerprint density at radius 1 is 1.14 bits per heavy atom. The van der Waals surface area contributed by atoms with Crippen molar-refractivity contribution in [1.82, 2.24) is 4.98 Å². The molecular formula is C15H13NO5. The van der Waals surface area contributed by atoms with E-state index in [2.05, 4.69) is 4.98 Å². The molecule has 0 saturated carbocycles. The molecule has 0 bridgehead atoms. The zero-order chi connectivity index (χ0) is 15.2. The Kier molecular flexibility index (Phi) is 2.83. The molecule has 1 aliphatic rings. The van der Waals surface area contributed by atoms with E-state index in [1.807, 2.05) is 6.07 Å². The first-order valence-corrected chi connectivity index (χ1v) is 6.44. The van der Waals surface area contributed by atoms with Gasteiger partial charge in [0, 0.05) is 31.1 Å². The number of ether oxygens (including phenoxy) is 2. The highest BCUT2D eigenvalue weighted by molar-refractivity contribution is 6.21. The van der Waals surface area contributed by atoms with Crippen molar-refractivity contribution < 1.29 is 23.9 Å². The molecule has 0 unspecified atom stereocenters. The standard InChI is InChI=1S/C15H13NO5/c1-15(2)20-13(18)11(14(19)21-15)12(17)9-4-3-8-5-6-16-10(8)7-9/h3-7,11,16H,1-2H3. The van der Waals surface area contributed by atoms with Crippen LogP contribution in [0.25, 0.3) is 10.9 Å². The molecule has 0 aliphatic carbocycles. The van der Waals surface area contributed by atoms with Gasteiger partial charge in [0.15, 0.2) is 5.78 Å². The molecule has 0 spiro atoms. The molecule has 108 valence electrons. The molecule has 0 amide bonds. The first-order chi connectivity index (χ1) is 9.87. The Labute approximate surface area is 120 Å². The van der Waals surface area contributed by atoms with E-state index < -0.39 is 29.4 Å². The minimum absolute atomic E-state index is 0.253. The van der Waals surface area contributed by atoms with Crippen LogP contribution in [0.2, 0.25) is 0 Å². The maximum atomic E-state index is 12.4. The average Bonchev–Trinajstić information content (AvgIpc) is 2.82. The second kappa shape index (κ2) is 4.44. The summed E-state index contributed by atoms with van der Waals surface area (Å²) in [5, 5.41) is 0.932. The number of hydrogen-bond acceptors (Lipinski definition) is 5. The lowest BCUT2D eigenvalue weighted by Gasteiger charge is -2.32. The first-order valence-electron chi connectivity index (χ1n) is 6.44. The van der Waals surface area contributed by atoms with Crippen LogP contribution in [-0.2, 0) is 19.1 Å². The third-order valence-electron chi connectivity index (χ3n) is 3.27. The van der Waals surface area contributed by atoms with Gasteiger partial charge in [-0.1, -0.05) is 12.1 Å². The largest absolute Gasteiger partial charge is 0.422 e. The number of carbonyl (C=O) groups is 3. The number of cyclic esters (lactones) is 2. The number of carbonyl (C=O) groups excluding carboxylic acids is 3. The van der Waals surface area contributed by atoms with Gasteiger partial charge in [0.2, 0.25) is 5.92 Å². The summed E-state index contributed by atoms with van der Waals surface area (Å²) in [7, 11) is 0. The Bertz CT molecular complexity index is 738. The second-order valence-electron chi connectivity index (χ2n) is 5.32. The highest BCUT2D eigenvalue weighted by atomic mass is 16.7. The summed E-state index contributed by atoms with van der Waals surface area (Å²) in [4.78, 5) is 39.1. The van der Waals surface area contributed by atoms with Crippen LogP contribution >= 0.6 is 0 Å². The molecular weight excluding hydrogens is 274 g/mol. The number of aromatic nitrogens is 1. The summed E-state index contributed by atoms with van der Waals surface area (Å²) in [5.41, 5.74) is 1.00. The molecule has 1 aromatic carbocycles. The van der Waals surface area contributed by atoms with Gasteiger partial charge in [0.25, 0.3) is 5.79 Å². The fourth-order valence-electron chi connectivity index (χ4n) is 2.30. The van der Waals surface area contributed by atoms with Crippen molar-refractivity contribution in [1.29, 1.82) is 0 Å². The van der Waals surface area contributed by atoms with Crippen LogP contribution in [0.15, 0.2) is 30.5 Å². The summed E-state index contributed by atoms with van der Waals surface area (Å²) in [6.07, 6.45) is 1.74. The summed E-state index contributed by atoms with van der Waals surface area (Å²) >= 11 is 0. The molecule has 6 heteroatoms. The Morgan fingerprint density at radius 3 is 2.48 bits per heavy atom. The van der Waals surface area contributed by atoms with Crippen molar-refractivity contribution >= 4 is 28.6 Å². The third-order valence-corrected chi connectivity index (χ3v) is 3.27. The van der Waals surface area contributed by atoms with Crippen LogP contribution in [0.3, 0.4) is 0 Å². The summed E-state index contributed by atoms with van der Waals surface area (Å²) < 4.78 is 9.92. The monoisotopic (exact) mass is 287 g/mol. The quantitative estimate of drug-likeness (QED) is 0.517. The van der Waals surface area contributed by atoms with Crippen LogP contribution in [-0.4, -0.2) is 28.5 Å². The Hall–Kier alpha value is -2.63. The predicted octanol–water partition coefficient (Wildman–Crippen LogP) is 1.80. The predicted molar refractivity (Wildman–Crippen MR) is 72.4 cm³/mol. The van der Waals surface area contributed by atoms with Crippen molar-refractivity contribution in [2.45, 2.75) is 19.6 Å². The molecule has 1 aromatic heterocycles. The number of rotatable bonds is 2. The van der Waals surface area contributed by atoms with Crippen LogP contribution in [0.1, 0.15) is 24.2 Å². The molecule has 1 saturated heterocycles. The van der Waals surface area contributed by atoms with Gasteiger partial charge >= 0.3 is 11.9 Å². The summed E-state index contributed by atoms with van der Waals surface area (Å²) in [6, 6.07) is 6.76. The number of nitrogens with one attached hydrogen (secondary N) is 1. The highest BCUT2D eigenvalue weighted by Gasteiger charge is 2.47. The number of H-pyrrole nitrogens is 1. The maximum absolute atomic E-state index is 12.4. The van der Waals surface area contributed by atoms with E-state index in [9.17, 15) is 14.4 Å². The smallest absolute Gasteiger partial charge is 0.331 e. The summed E-state index contributed by atoms with van der Waals surface area (Å²) in [6.45, 7) is 2.88. The zero-order valence-corrected chi connectivity index (χ0v) is 11.5. The topological polar surface area (TPSA) is 85.5 Å². The normalized spacial score (nSPS) is 18.4. The molecule has 0 radical (unpaired) electrons. The van der Waals surface area contributed by atoms with E-state index in [4.69, 9.17) is 9.47 Å². The SMILES string of the molecule is CC1(C)OC(=O)C(C(=O)c2ccc3cc[nH]c3c2)C(=O)O1. The maximum Gasteiger partial charge on any atom is 0.331 e. The van der Waals surface area contributed by atoms with Gasteiger partial charge in [-0.25, -0.2) is 0 Å². The number of aromatic amines is 1. The van der Waals surface area contributed by atoms with Crippen molar-refractivity contribution in [3.63, 3.8) is 0 Å². The zero-order valence-electron chi connectivity index (χ0n) is 11.5. The van der Waals surface area contributed by atoms with Crippen LogP contribution < -0.4 is 0 Å². The molecule has 3 rings (SSSR count). The van der Waals surface area contributed by atoms with Gasteiger partial charge < -0.3 is 14.5 Å². The number of esters is 2. The number of fused-ring (bicyclic) bond motifs is 1. The lowest BCUT2D eigenvalue weighted by Crippen LogP contribution is -2.49. The van der Waals surface area contributed by atoms with E-state index in [0.29, 0.717) is 0 Å². The van der Waals surface area contributed by atoms with Crippen molar-refractivity contribution in [2.24, 2.45) is 5.92 Å². The fraction of sp³-hybridized carbons (Fsp3) is 0.267. The molecule has 6 nitrogen and oxygen atoms in total. The molecule has 21 heavy (non-hydrogen) atoms. The van der Waals surface area contributed by atoms with Crippen molar-refractivity contribution in [3.05, 3.63) is 36.0 Å². The number of benzene rings is 1. The van der Waals surface area contributed by atoms with E-state index in [1.54, 1.807) is 24.4 Å². The average molecular weight is 287 g/mol. The minimum atomic E-state index is -1.56. The third kappa shape index (κ3) is 2.29. The molecule has 1 N–H and O–H groups in total. The summed E-state index contributed by atoms with van der Waals surface area (Å²) in [5.74, 6) is -5.29. The first kappa shape index (κ1) is 13.4.